The highest BCUT2D eigenvalue weighted by Gasteiger charge is 2.15. The number of fused-ring (bicyclic) bond motifs is 1. The number of pyridine rings is 1. The molecule has 6 nitrogen and oxygen atoms in total. The van der Waals surface area contributed by atoms with Gasteiger partial charge in [-0.3, -0.25) is 4.98 Å². The lowest BCUT2D eigenvalue weighted by Crippen LogP contribution is -2.13. The molecule has 2 heterocycles. The highest BCUT2D eigenvalue weighted by atomic mass is 32.2. The zero-order valence-electron chi connectivity index (χ0n) is 14.2. The Labute approximate surface area is 160 Å². The molecule has 136 valence electrons. The van der Waals surface area contributed by atoms with Crippen LogP contribution in [0.25, 0.3) is 21.5 Å². The van der Waals surface area contributed by atoms with E-state index >= 15 is 0 Å². The summed E-state index contributed by atoms with van der Waals surface area (Å²) in [4.78, 5) is 9.93. The number of benzene rings is 2. The van der Waals surface area contributed by atoms with E-state index < -0.39 is 10.0 Å². The number of anilines is 1. The smallest absolute Gasteiger partial charge is 0.238 e. The second kappa shape index (κ2) is 7.07. The van der Waals surface area contributed by atoms with Gasteiger partial charge in [-0.15, -0.1) is 11.3 Å². The number of rotatable bonds is 5. The first-order valence-electron chi connectivity index (χ1n) is 8.17. The zero-order valence-corrected chi connectivity index (χ0v) is 15.8. The third-order valence-electron chi connectivity index (χ3n) is 4.06. The van der Waals surface area contributed by atoms with Crippen LogP contribution in [-0.4, -0.2) is 18.4 Å². The molecule has 0 aliphatic heterocycles. The molecule has 0 amide bonds. The van der Waals surface area contributed by atoms with Gasteiger partial charge >= 0.3 is 0 Å². The molecule has 0 radical (unpaired) electrons. The van der Waals surface area contributed by atoms with E-state index in [2.05, 4.69) is 15.3 Å². The molecule has 0 aliphatic carbocycles. The van der Waals surface area contributed by atoms with Gasteiger partial charge in [0.2, 0.25) is 10.0 Å². The van der Waals surface area contributed by atoms with Crippen LogP contribution in [0.4, 0.5) is 5.69 Å². The number of nitrogens with zero attached hydrogens (tertiary/aromatic N) is 2. The van der Waals surface area contributed by atoms with Crippen LogP contribution in [0, 0.1) is 0 Å². The molecule has 4 rings (SSSR count). The Morgan fingerprint density at radius 3 is 2.59 bits per heavy atom. The lowest BCUT2D eigenvalue weighted by molar-refractivity contribution is 0.598. The maximum atomic E-state index is 11.8. The molecule has 0 atom stereocenters. The number of thiazole rings is 1. The SMILES string of the molecule is NS(=O)(=O)c1ccc(NCc2cnc(-c3ccccc3)s2)c2ncccc12. The molecule has 4 aromatic rings. The van der Waals surface area contributed by atoms with E-state index in [1.165, 1.54) is 6.07 Å². The molecule has 2 aromatic heterocycles. The van der Waals surface area contributed by atoms with E-state index in [9.17, 15) is 8.42 Å². The Balaban J connectivity index is 1.61. The molecule has 0 bridgehead atoms. The van der Waals surface area contributed by atoms with Crippen LogP contribution in [0.5, 0.6) is 0 Å². The number of hydrogen-bond donors (Lipinski definition) is 2. The molecule has 27 heavy (non-hydrogen) atoms. The summed E-state index contributed by atoms with van der Waals surface area (Å²) >= 11 is 1.61. The van der Waals surface area contributed by atoms with E-state index in [1.807, 2.05) is 36.5 Å². The van der Waals surface area contributed by atoms with Crippen molar-refractivity contribution in [3.05, 3.63) is 71.9 Å². The average Bonchev–Trinajstić information content (AvgIpc) is 3.15. The molecule has 3 N–H and O–H groups in total. The fourth-order valence-corrected chi connectivity index (χ4v) is 4.41. The van der Waals surface area contributed by atoms with Crippen molar-refractivity contribution in [2.24, 2.45) is 5.14 Å². The van der Waals surface area contributed by atoms with Crippen molar-refractivity contribution in [2.45, 2.75) is 11.4 Å². The fourth-order valence-electron chi connectivity index (χ4n) is 2.82. The summed E-state index contributed by atoms with van der Waals surface area (Å²) in [5.41, 5.74) is 2.39. The minimum Gasteiger partial charge on any atom is -0.378 e. The third-order valence-corrected chi connectivity index (χ3v) is 6.08. The topological polar surface area (TPSA) is 98.0 Å². The Hall–Kier alpha value is -2.81. The van der Waals surface area contributed by atoms with Crippen molar-refractivity contribution < 1.29 is 8.42 Å². The maximum absolute atomic E-state index is 11.8. The number of aromatic nitrogens is 2. The van der Waals surface area contributed by atoms with Gasteiger partial charge in [0, 0.05) is 28.2 Å². The molecule has 0 unspecified atom stereocenters. The summed E-state index contributed by atoms with van der Waals surface area (Å²) in [7, 11) is -3.82. The van der Waals surface area contributed by atoms with Crippen molar-refractivity contribution in [1.29, 1.82) is 0 Å². The van der Waals surface area contributed by atoms with Crippen molar-refractivity contribution in [3.8, 4) is 10.6 Å². The first-order valence-corrected chi connectivity index (χ1v) is 10.5. The van der Waals surface area contributed by atoms with Gasteiger partial charge in [0.1, 0.15) is 5.01 Å². The normalized spacial score (nSPS) is 11.6. The second-order valence-electron chi connectivity index (χ2n) is 5.91. The van der Waals surface area contributed by atoms with Crippen LogP contribution in [-0.2, 0) is 16.6 Å². The Kier molecular flexibility index (Phi) is 4.61. The third kappa shape index (κ3) is 3.68. The van der Waals surface area contributed by atoms with Gasteiger partial charge in [0.25, 0.3) is 0 Å². The molecule has 0 aliphatic rings. The lowest BCUT2D eigenvalue weighted by atomic mass is 10.2. The van der Waals surface area contributed by atoms with Crippen molar-refractivity contribution in [2.75, 3.05) is 5.32 Å². The first kappa shape index (κ1) is 17.6. The van der Waals surface area contributed by atoms with E-state index in [0.29, 0.717) is 17.4 Å². The summed E-state index contributed by atoms with van der Waals surface area (Å²) < 4.78 is 23.6. The minimum absolute atomic E-state index is 0.0697. The van der Waals surface area contributed by atoms with Crippen LogP contribution < -0.4 is 10.5 Å². The van der Waals surface area contributed by atoms with Crippen molar-refractivity contribution in [3.63, 3.8) is 0 Å². The molecule has 0 saturated heterocycles. The van der Waals surface area contributed by atoms with E-state index in [0.717, 1.165) is 21.1 Å². The average molecular weight is 396 g/mol. The van der Waals surface area contributed by atoms with Crippen LogP contribution in [0.15, 0.2) is 71.9 Å². The van der Waals surface area contributed by atoms with Crippen LogP contribution in [0.3, 0.4) is 0 Å². The quantitative estimate of drug-likeness (QED) is 0.537. The number of primary sulfonamides is 1. The van der Waals surface area contributed by atoms with Gasteiger partial charge in [0.15, 0.2) is 0 Å². The van der Waals surface area contributed by atoms with Gasteiger partial charge in [-0.05, 0) is 24.3 Å². The van der Waals surface area contributed by atoms with Gasteiger partial charge in [-0.1, -0.05) is 30.3 Å². The predicted octanol–water partition coefficient (Wildman–Crippen LogP) is 3.62. The standard InChI is InChI=1S/C19H16N4O2S2/c20-27(24,25)17-9-8-16(18-15(17)7-4-10-21-18)22-11-14-12-23-19(26-14)13-5-2-1-3-6-13/h1-10,12,22H,11H2,(H2,20,24,25). The zero-order chi connectivity index (χ0) is 18.9. The monoisotopic (exact) mass is 396 g/mol. The molecule has 0 saturated carbocycles. The summed E-state index contributed by atoms with van der Waals surface area (Å²) in [5.74, 6) is 0. The van der Waals surface area contributed by atoms with Crippen LogP contribution in [0.2, 0.25) is 0 Å². The summed E-state index contributed by atoms with van der Waals surface area (Å²) in [5, 5.41) is 10.1. The molecular weight excluding hydrogens is 380 g/mol. The van der Waals surface area contributed by atoms with E-state index in [4.69, 9.17) is 5.14 Å². The van der Waals surface area contributed by atoms with E-state index in [1.54, 1.807) is 35.7 Å². The van der Waals surface area contributed by atoms with Gasteiger partial charge in [-0.2, -0.15) is 0 Å². The number of nitrogens with two attached hydrogens (primary N) is 1. The highest BCUT2D eigenvalue weighted by Crippen LogP contribution is 2.29. The first-order chi connectivity index (χ1) is 13.0. The number of nitrogens with one attached hydrogen (secondary N) is 1. The molecule has 2 aromatic carbocycles. The van der Waals surface area contributed by atoms with Crippen molar-refractivity contribution in [1.82, 2.24) is 9.97 Å². The van der Waals surface area contributed by atoms with Crippen molar-refractivity contribution >= 4 is 38.0 Å². The predicted molar refractivity (Wildman–Crippen MR) is 108 cm³/mol. The lowest BCUT2D eigenvalue weighted by Gasteiger charge is -2.10. The van der Waals surface area contributed by atoms with Gasteiger partial charge in [-0.25, -0.2) is 18.5 Å². The van der Waals surface area contributed by atoms with Gasteiger partial charge < -0.3 is 5.32 Å². The molecule has 8 heteroatoms. The molecule has 0 spiro atoms. The Morgan fingerprint density at radius 1 is 1.00 bits per heavy atom. The Morgan fingerprint density at radius 2 is 1.81 bits per heavy atom. The van der Waals surface area contributed by atoms with Crippen LogP contribution in [0.1, 0.15) is 4.88 Å². The maximum Gasteiger partial charge on any atom is 0.238 e. The summed E-state index contributed by atoms with van der Waals surface area (Å²) in [6.45, 7) is 0.560. The van der Waals surface area contributed by atoms with Crippen LogP contribution >= 0.6 is 11.3 Å². The second-order valence-corrected chi connectivity index (χ2v) is 8.55. The summed E-state index contributed by atoms with van der Waals surface area (Å²) in [6.07, 6.45) is 3.47. The molecular formula is C19H16N4O2S2. The fraction of sp³-hybridized carbons (Fsp3) is 0.0526. The summed E-state index contributed by atoms with van der Waals surface area (Å²) in [6, 6.07) is 16.6. The Bertz CT molecular complexity index is 1200. The number of hydrogen-bond acceptors (Lipinski definition) is 6. The molecule has 0 fully saturated rings. The largest absolute Gasteiger partial charge is 0.378 e. The van der Waals surface area contributed by atoms with E-state index in [-0.39, 0.29) is 4.90 Å². The van der Waals surface area contributed by atoms with Gasteiger partial charge in [0.05, 0.1) is 22.6 Å². The highest BCUT2D eigenvalue weighted by molar-refractivity contribution is 7.89. The minimum atomic E-state index is -3.82. The number of sulfonamides is 1.